The third-order valence-corrected chi connectivity index (χ3v) is 2.80. The average Bonchev–Trinajstić information content (AvgIpc) is 2.38. The Morgan fingerprint density at radius 2 is 1.72 bits per heavy atom. The molecule has 0 atom stereocenters. The van der Waals surface area contributed by atoms with E-state index in [0.717, 1.165) is 5.56 Å². The molecule has 3 nitrogen and oxygen atoms in total. The number of hydrogen-bond acceptors (Lipinski definition) is 3. The second kappa shape index (κ2) is 5.91. The first kappa shape index (κ1) is 13.0. The zero-order valence-corrected chi connectivity index (χ0v) is 10.3. The molecule has 2 aromatic carbocycles. The Labute approximate surface area is 111 Å². The summed E-state index contributed by atoms with van der Waals surface area (Å²) < 4.78 is 5.56. The standard InChI is InChI=1S/C13H12BClO3/c15-12-8-4-7-11(14(16)17)13(12)18-9-10-5-2-1-3-6-10/h1-8,16-17H,9H2. The smallest absolute Gasteiger partial charge is 0.488 e. The Balaban J connectivity index is 2.19. The van der Waals surface area contributed by atoms with Gasteiger partial charge in [-0.1, -0.05) is 54.1 Å². The molecule has 0 spiro atoms. The number of benzene rings is 2. The molecular weight excluding hydrogens is 250 g/mol. The molecule has 0 heterocycles. The third kappa shape index (κ3) is 3.04. The van der Waals surface area contributed by atoms with E-state index in [9.17, 15) is 10.0 Å². The van der Waals surface area contributed by atoms with Crippen LogP contribution in [0.4, 0.5) is 0 Å². The molecule has 0 aliphatic heterocycles. The number of rotatable bonds is 4. The van der Waals surface area contributed by atoms with E-state index < -0.39 is 7.12 Å². The van der Waals surface area contributed by atoms with Gasteiger partial charge in [-0.15, -0.1) is 0 Å². The van der Waals surface area contributed by atoms with E-state index in [1.807, 2.05) is 30.3 Å². The Hall–Kier alpha value is -1.49. The van der Waals surface area contributed by atoms with Gasteiger partial charge in [0.2, 0.25) is 0 Å². The fourth-order valence-electron chi connectivity index (χ4n) is 1.61. The monoisotopic (exact) mass is 262 g/mol. The molecule has 0 radical (unpaired) electrons. The number of para-hydroxylation sites is 1. The quantitative estimate of drug-likeness (QED) is 0.823. The first-order valence-electron chi connectivity index (χ1n) is 5.50. The van der Waals surface area contributed by atoms with E-state index in [4.69, 9.17) is 16.3 Å². The Morgan fingerprint density at radius 3 is 2.39 bits per heavy atom. The number of halogens is 1. The van der Waals surface area contributed by atoms with Gasteiger partial charge in [-0.25, -0.2) is 0 Å². The topological polar surface area (TPSA) is 49.7 Å². The van der Waals surface area contributed by atoms with E-state index in [-0.39, 0.29) is 5.46 Å². The van der Waals surface area contributed by atoms with Crippen LogP contribution in [0.5, 0.6) is 5.75 Å². The molecule has 0 saturated heterocycles. The van der Waals surface area contributed by atoms with E-state index >= 15 is 0 Å². The van der Waals surface area contributed by atoms with Crippen LogP contribution >= 0.6 is 11.6 Å². The SMILES string of the molecule is OB(O)c1cccc(Cl)c1OCc1ccccc1. The molecule has 0 unspecified atom stereocenters. The van der Waals surface area contributed by atoms with Crippen LogP contribution in [-0.2, 0) is 6.61 Å². The molecule has 0 saturated carbocycles. The normalized spacial score (nSPS) is 10.2. The third-order valence-electron chi connectivity index (χ3n) is 2.50. The van der Waals surface area contributed by atoms with Crippen LogP contribution < -0.4 is 10.2 Å². The van der Waals surface area contributed by atoms with Crippen LogP contribution in [0.25, 0.3) is 0 Å². The highest BCUT2D eigenvalue weighted by atomic mass is 35.5. The van der Waals surface area contributed by atoms with Crippen molar-refractivity contribution in [1.29, 1.82) is 0 Å². The maximum absolute atomic E-state index is 9.24. The van der Waals surface area contributed by atoms with Crippen molar-refractivity contribution < 1.29 is 14.8 Å². The summed E-state index contributed by atoms with van der Waals surface area (Å²) in [5.74, 6) is 0.304. The second-order valence-corrected chi connectivity index (χ2v) is 4.21. The summed E-state index contributed by atoms with van der Waals surface area (Å²) in [6.45, 7) is 0.324. The highest BCUT2D eigenvalue weighted by Crippen LogP contribution is 2.22. The highest BCUT2D eigenvalue weighted by molar-refractivity contribution is 6.60. The Kier molecular flexibility index (Phi) is 4.26. The molecule has 0 bridgehead atoms. The lowest BCUT2D eigenvalue weighted by molar-refractivity contribution is 0.307. The van der Waals surface area contributed by atoms with Gasteiger partial charge in [0, 0.05) is 5.46 Å². The maximum Gasteiger partial charge on any atom is 0.492 e. The lowest BCUT2D eigenvalue weighted by Gasteiger charge is -2.12. The number of ether oxygens (including phenoxy) is 1. The van der Waals surface area contributed by atoms with E-state index in [1.54, 1.807) is 18.2 Å². The van der Waals surface area contributed by atoms with Gasteiger partial charge in [0.1, 0.15) is 12.4 Å². The minimum atomic E-state index is -1.60. The fraction of sp³-hybridized carbons (Fsp3) is 0.0769. The van der Waals surface area contributed by atoms with Crippen LogP contribution in [0.1, 0.15) is 5.56 Å². The van der Waals surface area contributed by atoms with E-state index in [2.05, 4.69) is 0 Å². The second-order valence-electron chi connectivity index (χ2n) is 3.81. The van der Waals surface area contributed by atoms with Crippen LogP contribution in [0.15, 0.2) is 48.5 Å². The molecule has 18 heavy (non-hydrogen) atoms. The molecule has 2 rings (SSSR count). The van der Waals surface area contributed by atoms with Crippen molar-refractivity contribution in [3.63, 3.8) is 0 Å². The van der Waals surface area contributed by atoms with Crippen LogP contribution in [0.3, 0.4) is 0 Å². The maximum atomic E-state index is 9.24. The summed E-state index contributed by atoms with van der Waals surface area (Å²) in [4.78, 5) is 0. The summed E-state index contributed by atoms with van der Waals surface area (Å²) in [5.41, 5.74) is 1.24. The summed E-state index contributed by atoms with van der Waals surface area (Å²) in [6.07, 6.45) is 0. The molecule has 0 aromatic heterocycles. The predicted molar refractivity (Wildman–Crippen MR) is 72.1 cm³/mol. The van der Waals surface area contributed by atoms with Crippen molar-refractivity contribution in [2.75, 3.05) is 0 Å². The van der Waals surface area contributed by atoms with Gasteiger partial charge in [-0.05, 0) is 11.6 Å². The van der Waals surface area contributed by atoms with E-state index in [0.29, 0.717) is 17.4 Å². The van der Waals surface area contributed by atoms with Crippen LogP contribution in [0.2, 0.25) is 5.02 Å². The molecule has 0 aliphatic rings. The predicted octanol–water partition coefficient (Wildman–Crippen LogP) is 1.60. The fourth-order valence-corrected chi connectivity index (χ4v) is 1.85. The van der Waals surface area contributed by atoms with Gasteiger partial charge in [-0.2, -0.15) is 0 Å². The molecule has 92 valence electrons. The minimum absolute atomic E-state index is 0.262. The van der Waals surface area contributed by atoms with Gasteiger partial charge < -0.3 is 14.8 Å². The van der Waals surface area contributed by atoms with Crippen molar-refractivity contribution in [2.45, 2.75) is 6.61 Å². The molecule has 0 aliphatic carbocycles. The minimum Gasteiger partial charge on any atom is -0.488 e. The summed E-state index contributed by atoms with van der Waals surface area (Å²) in [7, 11) is -1.60. The van der Waals surface area contributed by atoms with Gasteiger partial charge in [0.15, 0.2) is 0 Å². The Morgan fingerprint density at radius 1 is 1.00 bits per heavy atom. The zero-order chi connectivity index (χ0) is 13.0. The molecular formula is C13H12BClO3. The molecule has 5 heteroatoms. The van der Waals surface area contributed by atoms with Crippen LogP contribution in [-0.4, -0.2) is 17.2 Å². The average molecular weight is 263 g/mol. The summed E-state index contributed by atoms with van der Waals surface area (Å²) >= 11 is 5.99. The highest BCUT2D eigenvalue weighted by Gasteiger charge is 2.19. The largest absolute Gasteiger partial charge is 0.492 e. The van der Waals surface area contributed by atoms with Crippen molar-refractivity contribution in [1.82, 2.24) is 0 Å². The van der Waals surface area contributed by atoms with Crippen molar-refractivity contribution in [2.24, 2.45) is 0 Å². The van der Waals surface area contributed by atoms with Gasteiger partial charge in [-0.3, -0.25) is 0 Å². The molecule has 2 aromatic rings. The molecule has 0 fully saturated rings. The molecule has 0 amide bonds. The number of hydrogen-bond donors (Lipinski definition) is 2. The van der Waals surface area contributed by atoms with Crippen molar-refractivity contribution >= 4 is 24.2 Å². The van der Waals surface area contributed by atoms with Gasteiger partial charge in [0.05, 0.1) is 5.02 Å². The lowest BCUT2D eigenvalue weighted by atomic mass is 9.79. The zero-order valence-electron chi connectivity index (χ0n) is 9.58. The van der Waals surface area contributed by atoms with Crippen LogP contribution in [0, 0.1) is 0 Å². The van der Waals surface area contributed by atoms with Gasteiger partial charge >= 0.3 is 7.12 Å². The lowest BCUT2D eigenvalue weighted by Crippen LogP contribution is -2.31. The first-order chi connectivity index (χ1) is 8.68. The summed E-state index contributed by atoms with van der Waals surface area (Å²) in [6, 6.07) is 14.4. The van der Waals surface area contributed by atoms with Crippen molar-refractivity contribution in [3.05, 3.63) is 59.1 Å². The molecule has 2 N–H and O–H groups in total. The Bertz CT molecular complexity index is 517. The van der Waals surface area contributed by atoms with Gasteiger partial charge in [0.25, 0.3) is 0 Å². The van der Waals surface area contributed by atoms with E-state index in [1.165, 1.54) is 0 Å². The van der Waals surface area contributed by atoms with Crippen molar-refractivity contribution in [3.8, 4) is 5.75 Å². The summed E-state index contributed by atoms with van der Waals surface area (Å²) in [5, 5.41) is 18.8. The first-order valence-corrected chi connectivity index (χ1v) is 5.87.